The van der Waals surface area contributed by atoms with Crippen LogP contribution in [0, 0.1) is 0 Å². The lowest BCUT2D eigenvalue weighted by Gasteiger charge is -2.42. The molecule has 1 aromatic carbocycles. The second kappa shape index (κ2) is 10.5. The summed E-state index contributed by atoms with van der Waals surface area (Å²) in [6, 6.07) is 9.18. The van der Waals surface area contributed by atoms with E-state index in [-0.39, 0.29) is 6.10 Å². The van der Waals surface area contributed by atoms with E-state index < -0.39 is 12.0 Å². The molecule has 1 unspecified atom stereocenters. The zero-order valence-corrected chi connectivity index (χ0v) is 20.8. The standard InChI is InChI=1S/C26H32ClN5O3/c1-31-22-20(9-5-10-21(22)24(27)30-31)23(26(33)34)32-15-19(16-32)35-14-4-2-3-8-18-12-11-17-7-6-13-28-25(17)29-18/h5,9-12,19,23H,2-4,6-8,13-16H2,1H3,(H,28,29)(H,33,34). The van der Waals surface area contributed by atoms with E-state index in [9.17, 15) is 9.90 Å². The summed E-state index contributed by atoms with van der Waals surface area (Å²) in [5.74, 6) is 0.188. The molecule has 5 rings (SSSR count). The Morgan fingerprint density at radius 1 is 1.26 bits per heavy atom. The number of aryl methyl sites for hydroxylation is 3. The monoisotopic (exact) mass is 497 g/mol. The van der Waals surface area contributed by atoms with E-state index in [1.165, 1.54) is 12.0 Å². The van der Waals surface area contributed by atoms with Crippen molar-refractivity contribution >= 4 is 34.3 Å². The molecule has 0 bridgehead atoms. The number of aromatic nitrogens is 3. The molecule has 186 valence electrons. The fourth-order valence-electron chi connectivity index (χ4n) is 5.16. The molecular weight excluding hydrogens is 466 g/mol. The van der Waals surface area contributed by atoms with Gasteiger partial charge in [0.15, 0.2) is 5.15 Å². The molecule has 8 nitrogen and oxygen atoms in total. The number of carboxylic acids is 1. The van der Waals surface area contributed by atoms with Gasteiger partial charge in [-0.3, -0.25) is 14.4 Å². The van der Waals surface area contributed by atoms with Gasteiger partial charge >= 0.3 is 5.97 Å². The number of nitrogens with one attached hydrogen (secondary N) is 1. The van der Waals surface area contributed by atoms with Gasteiger partial charge in [-0.25, -0.2) is 4.98 Å². The van der Waals surface area contributed by atoms with Crippen LogP contribution >= 0.6 is 11.6 Å². The minimum Gasteiger partial charge on any atom is -0.480 e. The lowest BCUT2D eigenvalue weighted by molar-refractivity contribution is -0.150. The highest BCUT2D eigenvalue weighted by Crippen LogP contribution is 2.34. The number of ether oxygens (including phenoxy) is 1. The van der Waals surface area contributed by atoms with Crippen LogP contribution < -0.4 is 5.32 Å². The van der Waals surface area contributed by atoms with Gasteiger partial charge in [-0.05, 0) is 49.8 Å². The molecule has 0 radical (unpaired) electrons. The minimum absolute atomic E-state index is 0.0690. The van der Waals surface area contributed by atoms with Crippen LogP contribution in [0.1, 0.15) is 48.5 Å². The SMILES string of the molecule is Cn1nc(Cl)c2cccc(C(C(=O)O)N3CC(OCCCCCc4ccc5c(n4)NCCC5)C3)c21. The van der Waals surface area contributed by atoms with Gasteiger partial charge in [0.1, 0.15) is 11.9 Å². The van der Waals surface area contributed by atoms with Gasteiger partial charge in [-0.1, -0.05) is 36.2 Å². The third-order valence-electron chi connectivity index (χ3n) is 7.00. The van der Waals surface area contributed by atoms with E-state index in [2.05, 4.69) is 22.5 Å². The number of rotatable bonds is 10. The van der Waals surface area contributed by atoms with Gasteiger partial charge < -0.3 is 15.2 Å². The first-order valence-corrected chi connectivity index (χ1v) is 12.8. The number of carbonyl (C=O) groups is 1. The van der Waals surface area contributed by atoms with E-state index in [0.717, 1.165) is 61.1 Å². The average molecular weight is 498 g/mol. The van der Waals surface area contributed by atoms with Crippen molar-refractivity contribution < 1.29 is 14.6 Å². The lowest BCUT2D eigenvalue weighted by atomic mass is 9.98. The van der Waals surface area contributed by atoms with Crippen molar-refractivity contribution in [2.75, 3.05) is 31.6 Å². The molecule has 0 aliphatic carbocycles. The molecule has 9 heteroatoms. The second-order valence-corrected chi connectivity index (χ2v) is 9.85. The van der Waals surface area contributed by atoms with Crippen molar-refractivity contribution in [3.63, 3.8) is 0 Å². The van der Waals surface area contributed by atoms with Crippen molar-refractivity contribution in [1.82, 2.24) is 19.7 Å². The van der Waals surface area contributed by atoms with Gasteiger partial charge in [-0.15, -0.1) is 0 Å². The number of fused-ring (bicyclic) bond motifs is 2. The zero-order chi connectivity index (χ0) is 24.4. The van der Waals surface area contributed by atoms with Crippen molar-refractivity contribution in [2.45, 2.75) is 50.7 Å². The minimum atomic E-state index is -0.876. The molecule has 2 aliphatic heterocycles. The third kappa shape index (κ3) is 5.15. The average Bonchev–Trinajstić information content (AvgIpc) is 3.12. The lowest BCUT2D eigenvalue weighted by Crippen LogP contribution is -2.55. The highest BCUT2D eigenvalue weighted by Gasteiger charge is 2.39. The number of benzene rings is 1. The van der Waals surface area contributed by atoms with Crippen LogP contribution in [-0.2, 0) is 29.4 Å². The summed E-state index contributed by atoms with van der Waals surface area (Å²) in [7, 11) is 1.79. The molecule has 1 atom stereocenters. The fourth-order valence-corrected chi connectivity index (χ4v) is 5.43. The molecule has 2 N–H and O–H groups in total. The maximum atomic E-state index is 12.2. The van der Waals surface area contributed by atoms with Crippen LogP contribution in [0.4, 0.5) is 5.82 Å². The Hall–Kier alpha value is -2.68. The van der Waals surface area contributed by atoms with Crippen molar-refractivity contribution in [2.24, 2.45) is 7.05 Å². The molecule has 1 fully saturated rings. The van der Waals surface area contributed by atoms with Crippen LogP contribution in [-0.4, -0.2) is 63.1 Å². The largest absolute Gasteiger partial charge is 0.480 e. The summed E-state index contributed by atoms with van der Waals surface area (Å²) < 4.78 is 7.68. The summed E-state index contributed by atoms with van der Waals surface area (Å²) in [5.41, 5.74) is 3.95. The predicted octanol–water partition coefficient (Wildman–Crippen LogP) is 4.22. The molecular formula is C26H32ClN5O3. The Balaban J connectivity index is 1.06. The Morgan fingerprint density at radius 2 is 2.11 bits per heavy atom. The normalized spacial score (nSPS) is 17.1. The predicted molar refractivity (Wildman–Crippen MR) is 136 cm³/mol. The summed E-state index contributed by atoms with van der Waals surface area (Å²) >= 11 is 6.22. The molecule has 2 aromatic heterocycles. The highest BCUT2D eigenvalue weighted by molar-refractivity contribution is 6.34. The number of para-hydroxylation sites is 1. The van der Waals surface area contributed by atoms with Gasteiger partial charge in [-0.2, -0.15) is 5.10 Å². The third-order valence-corrected chi connectivity index (χ3v) is 7.28. The number of carboxylic acid groups (broad SMARTS) is 1. The Bertz CT molecular complexity index is 1210. The number of unbranched alkanes of at least 4 members (excludes halogenated alkanes) is 2. The van der Waals surface area contributed by atoms with E-state index in [1.807, 2.05) is 23.1 Å². The van der Waals surface area contributed by atoms with Gasteiger partial charge in [0, 0.05) is 49.9 Å². The topological polar surface area (TPSA) is 92.5 Å². The Kier molecular flexibility index (Phi) is 7.22. The first-order chi connectivity index (χ1) is 17.0. The number of anilines is 1. The summed E-state index contributed by atoms with van der Waals surface area (Å²) in [6.07, 6.45) is 6.52. The fraction of sp³-hybridized carbons (Fsp3) is 0.500. The molecule has 3 aromatic rings. The first kappa shape index (κ1) is 24.0. The smallest absolute Gasteiger partial charge is 0.325 e. The maximum absolute atomic E-state index is 12.2. The molecule has 0 saturated carbocycles. The summed E-state index contributed by atoms with van der Waals surface area (Å²) in [6.45, 7) is 2.91. The number of hydrogen-bond acceptors (Lipinski definition) is 6. The van der Waals surface area contributed by atoms with Crippen molar-refractivity contribution in [1.29, 1.82) is 0 Å². The number of likely N-dealkylation sites (tertiary alicyclic amines) is 1. The van der Waals surface area contributed by atoms with Crippen LogP contribution in [0.2, 0.25) is 5.15 Å². The highest BCUT2D eigenvalue weighted by atomic mass is 35.5. The summed E-state index contributed by atoms with van der Waals surface area (Å²) in [5, 5.41) is 18.8. The number of hydrogen-bond donors (Lipinski definition) is 2. The molecule has 0 amide bonds. The number of aliphatic carboxylic acids is 1. The van der Waals surface area contributed by atoms with E-state index in [1.54, 1.807) is 11.7 Å². The van der Waals surface area contributed by atoms with E-state index in [4.69, 9.17) is 21.3 Å². The van der Waals surface area contributed by atoms with Crippen LogP contribution in [0.3, 0.4) is 0 Å². The Labute approximate surface area is 210 Å². The van der Waals surface area contributed by atoms with E-state index >= 15 is 0 Å². The van der Waals surface area contributed by atoms with E-state index in [0.29, 0.717) is 30.4 Å². The zero-order valence-electron chi connectivity index (χ0n) is 20.0. The van der Waals surface area contributed by atoms with Crippen molar-refractivity contribution in [3.05, 3.63) is 52.3 Å². The summed E-state index contributed by atoms with van der Waals surface area (Å²) in [4.78, 5) is 18.9. The molecule has 35 heavy (non-hydrogen) atoms. The van der Waals surface area contributed by atoms with Gasteiger partial charge in [0.05, 0.1) is 11.6 Å². The molecule has 2 aliphatic rings. The first-order valence-electron chi connectivity index (χ1n) is 12.4. The van der Waals surface area contributed by atoms with Gasteiger partial charge in [0.2, 0.25) is 0 Å². The Morgan fingerprint density at radius 3 is 2.94 bits per heavy atom. The number of pyridine rings is 1. The van der Waals surface area contributed by atoms with Crippen LogP contribution in [0.25, 0.3) is 10.9 Å². The van der Waals surface area contributed by atoms with Crippen molar-refractivity contribution in [3.8, 4) is 0 Å². The van der Waals surface area contributed by atoms with Crippen LogP contribution in [0.5, 0.6) is 0 Å². The number of nitrogens with zero attached hydrogens (tertiary/aromatic N) is 4. The quantitative estimate of drug-likeness (QED) is 0.405. The maximum Gasteiger partial charge on any atom is 0.325 e. The van der Waals surface area contributed by atoms with Crippen LogP contribution in [0.15, 0.2) is 30.3 Å². The molecule has 4 heterocycles. The molecule has 1 saturated heterocycles. The van der Waals surface area contributed by atoms with Gasteiger partial charge in [0.25, 0.3) is 0 Å². The number of halogens is 1. The second-order valence-electron chi connectivity index (χ2n) is 9.50. The molecule has 0 spiro atoms.